The van der Waals surface area contributed by atoms with Crippen molar-refractivity contribution in [2.75, 3.05) is 4.90 Å². The molecule has 1 spiro atoms. The van der Waals surface area contributed by atoms with Crippen molar-refractivity contribution in [3.63, 3.8) is 0 Å². The second-order valence-corrected chi connectivity index (χ2v) is 17.7. The fraction of sp³-hybridized carbons (Fsp3) is 0.375. The van der Waals surface area contributed by atoms with Crippen LogP contribution in [0.5, 0.6) is 0 Å². The number of hydrogen-bond acceptors (Lipinski definition) is 1. The van der Waals surface area contributed by atoms with Gasteiger partial charge in [0.15, 0.2) is 0 Å². The third-order valence-electron chi connectivity index (χ3n) is 14.1. The zero-order valence-electron chi connectivity index (χ0n) is 29.7. The number of benzene rings is 5. The summed E-state index contributed by atoms with van der Waals surface area (Å²) in [5.41, 5.74) is 16.0. The minimum absolute atomic E-state index is 0.0808. The van der Waals surface area contributed by atoms with E-state index in [9.17, 15) is 0 Å². The van der Waals surface area contributed by atoms with Gasteiger partial charge in [0.25, 0.3) is 0 Å². The molecule has 1 heteroatoms. The lowest BCUT2D eigenvalue weighted by Crippen LogP contribution is -2.55. The van der Waals surface area contributed by atoms with E-state index in [0.29, 0.717) is 0 Å². The first-order chi connectivity index (χ1) is 23.7. The Kier molecular flexibility index (Phi) is 6.36. The molecule has 0 unspecified atom stereocenters. The summed E-state index contributed by atoms with van der Waals surface area (Å²) >= 11 is 0. The van der Waals surface area contributed by atoms with Crippen molar-refractivity contribution >= 4 is 17.1 Å². The van der Waals surface area contributed by atoms with Gasteiger partial charge in [-0.3, -0.25) is 0 Å². The molecule has 1 nitrogen and oxygen atoms in total. The summed E-state index contributed by atoms with van der Waals surface area (Å²) < 4.78 is 0. The maximum atomic E-state index is 2.60. The molecule has 0 heterocycles. The fourth-order valence-corrected chi connectivity index (χ4v) is 12.0. The van der Waals surface area contributed by atoms with E-state index < -0.39 is 0 Å². The smallest absolute Gasteiger partial charge is 0.0502 e. The van der Waals surface area contributed by atoms with Crippen LogP contribution in [0.15, 0.2) is 115 Å². The Bertz CT molecular complexity index is 2050. The fourth-order valence-electron chi connectivity index (χ4n) is 12.0. The van der Waals surface area contributed by atoms with Crippen molar-refractivity contribution in [2.45, 2.75) is 88.9 Å². The van der Waals surface area contributed by atoms with E-state index in [1.165, 1.54) is 95.4 Å². The van der Waals surface area contributed by atoms with Gasteiger partial charge in [0.05, 0.1) is 5.69 Å². The van der Waals surface area contributed by atoms with Crippen LogP contribution in [0.25, 0.3) is 22.3 Å². The van der Waals surface area contributed by atoms with Crippen LogP contribution in [0, 0.1) is 23.7 Å². The Morgan fingerprint density at radius 2 is 1.08 bits per heavy atom. The van der Waals surface area contributed by atoms with Crippen molar-refractivity contribution in [1.29, 1.82) is 0 Å². The summed E-state index contributed by atoms with van der Waals surface area (Å²) in [5, 5.41) is 0. The van der Waals surface area contributed by atoms with Crippen LogP contribution in [-0.4, -0.2) is 0 Å². The molecule has 0 radical (unpaired) electrons. The van der Waals surface area contributed by atoms with Crippen LogP contribution in [0.1, 0.15) is 94.9 Å². The second-order valence-electron chi connectivity index (χ2n) is 17.7. The summed E-state index contributed by atoms with van der Waals surface area (Å²) in [6, 6.07) is 44.4. The lowest BCUT2D eigenvalue weighted by molar-refractivity contribution is -0.0399. The molecule has 0 N–H and O–H groups in total. The number of nitrogens with zero attached hydrogens (tertiary/aromatic N) is 1. The van der Waals surface area contributed by atoms with E-state index in [-0.39, 0.29) is 16.2 Å². The molecule has 5 aromatic carbocycles. The summed E-state index contributed by atoms with van der Waals surface area (Å²) in [6.45, 7) is 9.83. The van der Waals surface area contributed by atoms with Crippen LogP contribution in [0.2, 0.25) is 0 Å². The normalized spacial score (nSPS) is 27.8. The molecule has 0 atom stereocenters. The predicted octanol–water partition coefficient (Wildman–Crippen LogP) is 12.9. The Morgan fingerprint density at radius 1 is 0.490 bits per heavy atom. The third-order valence-corrected chi connectivity index (χ3v) is 14.1. The molecule has 49 heavy (non-hydrogen) atoms. The number of fused-ring (bicyclic) bond motifs is 4. The molecule has 0 aromatic heterocycles. The van der Waals surface area contributed by atoms with E-state index in [2.05, 4.69) is 148 Å². The number of hydrogen-bond donors (Lipinski definition) is 0. The van der Waals surface area contributed by atoms with Gasteiger partial charge in [0.1, 0.15) is 0 Å². The van der Waals surface area contributed by atoms with Gasteiger partial charge in [-0.2, -0.15) is 0 Å². The predicted molar refractivity (Wildman–Crippen MR) is 205 cm³/mol. The zero-order valence-corrected chi connectivity index (χ0v) is 29.7. The second kappa shape index (κ2) is 10.5. The molecule has 0 saturated heterocycles. The Balaban J connectivity index is 1.18. The van der Waals surface area contributed by atoms with Crippen molar-refractivity contribution in [3.05, 3.63) is 138 Å². The number of rotatable bonds is 4. The topological polar surface area (TPSA) is 3.24 Å². The first-order valence-electron chi connectivity index (χ1n) is 19.1. The Labute approximate surface area is 293 Å². The molecule has 4 bridgehead atoms. The molecule has 4 fully saturated rings. The SMILES string of the molecule is CC1(C)CCC(C)(C)c2c(N(c3ccc(-c4ccccc4)cc3)c3ccc4c(c3)-c3ccccc3C43C4CC5CC(C4)CC3C5)cccc21. The van der Waals surface area contributed by atoms with Crippen LogP contribution in [0.4, 0.5) is 17.1 Å². The molecule has 11 rings (SSSR count). The summed E-state index contributed by atoms with van der Waals surface area (Å²) in [6.07, 6.45) is 9.57. The highest BCUT2D eigenvalue weighted by Gasteiger charge is 2.61. The first-order valence-corrected chi connectivity index (χ1v) is 19.1. The van der Waals surface area contributed by atoms with Crippen molar-refractivity contribution in [2.24, 2.45) is 23.7 Å². The van der Waals surface area contributed by atoms with E-state index in [1.54, 1.807) is 11.1 Å². The third kappa shape index (κ3) is 4.24. The number of anilines is 3. The average Bonchev–Trinajstić information content (AvgIpc) is 3.40. The quantitative estimate of drug-likeness (QED) is 0.189. The van der Waals surface area contributed by atoms with Crippen LogP contribution >= 0.6 is 0 Å². The lowest BCUT2D eigenvalue weighted by atomic mass is 9.43. The Hall–Kier alpha value is -4.10. The van der Waals surface area contributed by atoms with Gasteiger partial charge in [-0.05, 0) is 154 Å². The highest BCUT2D eigenvalue weighted by atomic mass is 15.1. The van der Waals surface area contributed by atoms with Gasteiger partial charge in [0.2, 0.25) is 0 Å². The first kappa shape index (κ1) is 29.8. The zero-order chi connectivity index (χ0) is 33.1. The van der Waals surface area contributed by atoms with Gasteiger partial charge in [-0.1, -0.05) is 113 Å². The molecule has 0 aliphatic heterocycles. The average molecular weight is 640 g/mol. The van der Waals surface area contributed by atoms with Crippen molar-refractivity contribution in [1.82, 2.24) is 0 Å². The van der Waals surface area contributed by atoms with Gasteiger partial charge in [-0.25, -0.2) is 0 Å². The van der Waals surface area contributed by atoms with E-state index in [0.717, 1.165) is 23.7 Å². The van der Waals surface area contributed by atoms with Gasteiger partial charge < -0.3 is 4.90 Å². The highest BCUT2D eigenvalue weighted by molar-refractivity contribution is 5.88. The van der Waals surface area contributed by atoms with Crippen LogP contribution in [0.3, 0.4) is 0 Å². The monoisotopic (exact) mass is 639 g/mol. The molecule has 4 saturated carbocycles. The molecule has 0 amide bonds. The van der Waals surface area contributed by atoms with Gasteiger partial charge >= 0.3 is 0 Å². The molecule has 6 aliphatic rings. The molecule has 5 aromatic rings. The largest absolute Gasteiger partial charge is 0.310 e. The molecular weight excluding hydrogens is 591 g/mol. The summed E-state index contributed by atoms with van der Waals surface area (Å²) in [7, 11) is 0. The minimum Gasteiger partial charge on any atom is -0.310 e. The summed E-state index contributed by atoms with van der Waals surface area (Å²) in [5.74, 6) is 3.47. The minimum atomic E-state index is 0.0808. The van der Waals surface area contributed by atoms with Crippen LogP contribution in [-0.2, 0) is 16.2 Å². The standard InChI is InChI=1S/C48H49N/c1-46(2)23-24-47(3,4)45-43(46)15-10-16-44(45)49(37-19-17-34(18-20-37)33-11-6-5-7-12-33)38-21-22-42-40(30-38)39-13-8-9-14-41(39)48(42)35-26-31-25-32(28-35)29-36(48)27-31/h5-22,30-32,35-36H,23-29H2,1-4H3. The van der Waals surface area contributed by atoms with Gasteiger partial charge in [0, 0.05) is 16.8 Å². The maximum absolute atomic E-state index is 2.60. The molecular formula is C48H49N. The van der Waals surface area contributed by atoms with Crippen molar-refractivity contribution in [3.8, 4) is 22.3 Å². The van der Waals surface area contributed by atoms with Gasteiger partial charge in [-0.15, -0.1) is 0 Å². The summed E-state index contributed by atoms with van der Waals surface area (Å²) in [4.78, 5) is 2.60. The molecule has 246 valence electrons. The molecule has 6 aliphatic carbocycles. The van der Waals surface area contributed by atoms with Crippen molar-refractivity contribution < 1.29 is 0 Å². The maximum Gasteiger partial charge on any atom is 0.0502 e. The van der Waals surface area contributed by atoms with E-state index in [4.69, 9.17) is 0 Å². The van der Waals surface area contributed by atoms with Crippen LogP contribution < -0.4 is 4.90 Å². The highest BCUT2D eigenvalue weighted by Crippen LogP contribution is 2.69. The lowest BCUT2D eigenvalue weighted by Gasteiger charge is -2.61. The van der Waals surface area contributed by atoms with E-state index >= 15 is 0 Å². The van der Waals surface area contributed by atoms with E-state index in [1.807, 2.05) is 0 Å². The Morgan fingerprint density at radius 3 is 1.82 bits per heavy atom.